The van der Waals surface area contributed by atoms with Crippen LogP contribution in [0.1, 0.15) is 13.8 Å². The van der Waals surface area contributed by atoms with Gasteiger partial charge in [0.25, 0.3) is 0 Å². The van der Waals surface area contributed by atoms with Gasteiger partial charge < -0.3 is 10.2 Å². The van der Waals surface area contributed by atoms with E-state index in [1.807, 2.05) is 12.1 Å². The van der Waals surface area contributed by atoms with Crippen LogP contribution in [0.3, 0.4) is 0 Å². The van der Waals surface area contributed by atoms with E-state index in [0.717, 1.165) is 18.8 Å². The lowest BCUT2D eigenvalue weighted by Crippen LogP contribution is -2.21. The second kappa shape index (κ2) is 6.64. The molecule has 102 valence electrons. The number of hydrogen-bond donors (Lipinski definition) is 1. The molecule has 0 aromatic heterocycles. The van der Waals surface area contributed by atoms with Gasteiger partial charge in [0.1, 0.15) is 9.84 Å². The van der Waals surface area contributed by atoms with Crippen LogP contribution in [-0.2, 0) is 9.84 Å². The first-order valence-corrected chi connectivity index (χ1v) is 8.29. The first-order chi connectivity index (χ1) is 8.46. The number of hydrogen-bond acceptors (Lipinski definition) is 4. The van der Waals surface area contributed by atoms with E-state index in [1.165, 1.54) is 11.9 Å². The Labute approximate surface area is 110 Å². The second-order valence-electron chi connectivity index (χ2n) is 4.28. The number of rotatable bonds is 7. The average molecular weight is 270 g/mol. The molecule has 4 nitrogen and oxygen atoms in total. The van der Waals surface area contributed by atoms with Crippen molar-refractivity contribution in [2.45, 2.75) is 13.8 Å². The van der Waals surface area contributed by atoms with E-state index in [0.29, 0.717) is 6.54 Å². The van der Waals surface area contributed by atoms with Crippen molar-refractivity contribution in [2.24, 2.45) is 0 Å². The summed E-state index contributed by atoms with van der Waals surface area (Å²) >= 11 is 0. The van der Waals surface area contributed by atoms with Crippen LogP contribution in [0.25, 0.3) is 0 Å². The maximum atomic E-state index is 11.0. The topological polar surface area (TPSA) is 49.4 Å². The Morgan fingerprint density at radius 2 is 1.67 bits per heavy atom. The molecule has 1 N–H and O–H groups in total. The zero-order chi connectivity index (χ0) is 13.6. The Hall–Kier alpha value is -1.23. The fourth-order valence-electron chi connectivity index (χ4n) is 1.76. The van der Waals surface area contributed by atoms with Crippen LogP contribution >= 0.6 is 0 Å². The molecule has 0 unspecified atom stereocenters. The standard InChI is InChI=1S/C13H22N2O2S/c1-4-15(5-2)13-8-6-12(7-9-13)14-10-11-18(3,16)17/h6-9,14H,4-5,10-11H2,1-3H3. The van der Waals surface area contributed by atoms with Gasteiger partial charge in [-0.25, -0.2) is 8.42 Å². The molecule has 0 radical (unpaired) electrons. The Balaban J connectivity index is 2.55. The summed E-state index contributed by atoms with van der Waals surface area (Å²) in [6, 6.07) is 8.07. The minimum Gasteiger partial charge on any atom is -0.384 e. The van der Waals surface area contributed by atoms with Gasteiger partial charge in [0.05, 0.1) is 5.75 Å². The van der Waals surface area contributed by atoms with Gasteiger partial charge in [-0.15, -0.1) is 0 Å². The smallest absolute Gasteiger partial charge is 0.149 e. The van der Waals surface area contributed by atoms with E-state index in [2.05, 4.69) is 36.2 Å². The molecule has 0 amide bonds. The van der Waals surface area contributed by atoms with Gasteiger partial charge >= 0.3 is 0 Å². The van der Waals surface area contributed by atoms with Crippen molar-refractivity contribution in [2.75, 3.05) is 41.9 Å². The molecule has 0 aliphatic heterocycles. The number of nitrogens with zero attached hydrogens (tertiary/aromatic N) is 1. The lowest BCUT2D eigenvalue weighted by Gasteiger charge is -2.21. The Morgan fingerprint density at radius 3 is 2.11 bits per heavy atom. The molecule has 0 spiro atoms. The molecule has 18 heavy (non-hydrogen) atoms. The van der Waals surface area contributed by atoms with E-state index in [1.54, 1.807) is 0 Å². The van der Waals surface area contributed by atoms with Gasteiger partial charge in [0, 0.05) is 37.3 Å². The molecule has 0 saturated heterocycles. The summed E-state index contributed by atoms with van der Waals surface area (Å²) in [6.07, 6.45) is 1.25. The number of nitrogens with one attached hydrogen (secondary N) is 1. The van der Waals surface area contributed by atoms with Crippen molar-refractivity contribution in [3.05, 3.63) is 24.3 Å². The fraction of sp³-hybridized carbons (Fsp3) is 0.538. The van der Waals surface area contributed by atoms with Crippen LogP contribution in [0.2, 0.25) is 0 Å². The molecule has 0 fully saturated rings. The van der Waals surface area contributed by atoms with Gasteiger partial charge in [-0.2, -0.15) is 0 Å². The van der Waals surface area contributed by atoms with Gasteiger partial charge in [0.15, 0.2) is 0 Å². The molecule has 0 atom stereocenters. The minimum absolute atomic E-state index is 0.158. The van der Waals surface area contributed by atoms with Gasteiger partial charge in [-0.3, -0.25) is 0 Å². The summed E-state index contributed by atoms with van der Waals surface area (Å²) in [4.78, 5) is 2.26. The van der Waals surface area contributed by atoms with E-state index in [9.17, 15) is 8.42 Å². The minimum atomic E-state index is -2.89. The predicted molar refractivity (Wildman–Crippen MR) is 78.2 cm³/mol. The van der Waals surface area contributed by atoms with Crippen molar-refractivity contribution in [1.82, 2.24) is 0 Å². The fourth-order valence-corrected chi connectivity index (χ4v) is 2.23. The summed E-state index contributed by atoms with van der Waals surface area (Å²) < 4.78 is 22.0. The molecule has 0 saturated carbocycles. The molecule has 5 heteroatoms. The maximum absolute atomic E-state index is 11.0. The van der Waals surface area contributed by atoms with E-state index in [-0.39, 0.29) is 5.75 Å². The second-order valence-corrected chi connectivity index (χ2v) is 6.54. The number of anilines is 2. The summed E-state index contributed by atoms with van der Waals surface area (Å²) in [5.41, 5.74) is 2.14. The Bertz CT molecular complexity index is 450. The van der Waals surface area contributed by atoms with Crippen molar-refractivity contribution in [3.8, 4) is 0 Å². The molecular formula is C13H22N2O2S. The van der Waals surface area contributed by atoms with E-state index in [4.69, 9.17) is 0 Å². The van der Waals surface area contributed by atoms with Gasteiger partial charge in [0.2, 0.25) is 0 Å². The van der Waals surface area contributed by atoms with Crippen LogP contribution in [0.15, 0.2) is 24.3 Å². The zero-order valence-electron chi connectivity index (χ0n) is 11.3. The molecule has 0 aliphatic carbocycles. The monoisotopic (exact) mass is 270 g/mol. The first kappa shape index (κ1) is 14.8. The van der Waals surface area contributed by atoms with E-state index >= 15 is 0 Å². The van der Waals surface area contributed by atoms with E-state index < -0.39 is 9.84 Å². The molecule has 0 heterocycles. The molecule has 0 aliphatic rings. The zero-order valence-corrected chi connectivity index (χ0v) is 12.1. The highest BCUT2D eigenvalue weighted by Crippen LogP contribution is 2.17. The van der Waals surface area contributed by atoms with Crippen LogP contribution in [0.5, 0.6) is 0 Å². The lowest BCUT2D eigenvalue weighted by molar-refractivity contribution is 0.602. The van der Waals surface area contributed by atoms with Crippen molar-refractivity contribution in [1.29, 1.82) is 0 Å². The summed E-state index contributed by atoms with van der Waals surface area (Å²) in [7, 11) is -2.89. The quantitative estimate of drug-likeness (QED) is 0.823. The number of benzene rings is 1. The first-order valence-electron chi connectivity index (χ1n) is 6.23. The van der Waals surface area contributed by atoms with Crippen molar-refractivity contribution < 1.29 is 8.42 Å². The molecular weight excluding hydrogens is 248 g/mol. The largest absolute Gasteiger partial charge is 0.384 e. The SMILES string of the molecule is CCN(CC)c1ccc(NCCS(C)(=O)=O)cc1. The molecule has 1 aromatic rings. The number of sulfone groups is 1. The molecule has 1 aromatic carbocycles. The molecule has 0 bridgehead atoms. The average Bonchev–Trinajstić information content (AvgIpc) is 2.31. The highest BCUT2D eigenvalue weighted by molar-refractivity contribution is 7.90. The predicted octanol–water partition coefficient (Wildman–Crippen LogP) is 1.99. The van der Waals surface area contributed by atoms with Gasteiger partial charge in [-0.05, 0) is 38.1 Å². The highest BCUT2D eigenvalue weighted by Gasteiger charge is 2.03. The van der Waals surface area contributed by atoms with Crippen LogP contribution < -0.4 is 10.2 Å². The Kier molecular flexibility index (Phi) is 5.47. The maximum Gasteiger partial charge on any atom is 0.149 e. The van der Waals surface area contributed by atoms with Crippen LogP contribution in [0, 0.1) is 0 Å². The third-order valence-electron chi connectivity index (χ3n) is 2.80. The lowest BCUT2D eigenvalue weighted by atomic mass is 10.2. The highest BCUT2D eigenvalue weighted by atomic mass is 32.2. The van der Waals surface area contributed by atoms with Crippen LogP contribution in [-0.4, -0.2) is 40.1 Å². The van der Waals surface area contributed by atoms with Crippen molar-refractivity contribution >= 4 is 21.2 Å². The Morgan fingerprint density at radius 1 is 1.11 bits per heavy atom. The summed E-state index contributed by atoms with van der Waals surface area (Å²) in [5.74, 6) is 0.158. The van der Waals surface area contributed by atoms with Crippen molar-refractivity contribution in [3.63, 3.8) is 0 Å². The van der Waals surface area contributed by atoms with Gasteiger partial charge in [-0.1, -0.05) is 0 Å². The summed E-state index contributed by atoms with van der Waals surface area (Å²) in [5, 5.41) is 3.11. The third kappa shape index (κ3) is 4.96. The third-order valence-corrected chi connectivity index (χ3v) is 3.74. The summed E-state index contributed by atoms with van der Waals surface area (Å²) in [6.45, 7) is 6.67. The molecule has 1 rings (SSSR count). The van der Waals surface area contributed by atoms with Crippen LogP contribution in [0.4, 0.5) is 11.4 Å². The normalized spacial score (nSPS) is 11.3.